The van der Waals surface area contributed by atoms with Crippen LogP contribution in [0.5, 0.6) is 5.75 Å². The second kappa shape index (κ2) is 3.58. The maximum atomic E-state index is 10.5. The van der Waals surface area contributed by atoms with E-state index in [9.17, 15) is 4.79 Å². The van der Waals surface area contributed by atoms with E-state index < -0.39 is 0 Å². The number of hydrogen-bond donors (Lipinski definition) is 0. The van der Waals surface area contributed by atoms with Crippen LogP contribution in [0, 0.1) is 0 Å². The Hall–Kier alpha value is -1.35. The third-order valence-electron chi connectivity index (χ3n) is 2.04. The molecule has 0 bridgehead atoms. The van der Waals surface area contributed by atoms with E-state index >= 15 is 0 Å². The number of hydrogen-bond acceptors (Lipinski definition) is 3. The van der Waals surface area contributed by atoms with Crippen molar-refractivity contribution in [3.63, 3.8) is 0 Å². The first-order chi connectivity index (χ1) is 6.40. The predicted molar refractivity (Wildman–Crippen MR) is 46.7 cm³/mol. The van der Waals surface area contributed by atoms with Gasteiger partial charge in [-0.15, -0.1) is 0 Å². The molecule has 0 spiro atoms. The van der Waals surface area contributed by atoms with Crippen molar-refractivity contribution in [1.29, 1.82) is 0 Å². The van der Waals surface area contributed by atoms with Gasteiger partial charge in [-0.2, -0.15) is 4.89 Å². The highest BCUT2D eigenvalue weighted by Gasteiger charge is 2.09. The van der Waals surface area contributed by atoms with Crippen molar-refractivity contribution in [2.45, 2.75) is 12.8 Å². The Labute approximate surface area is 76.2 Å². The highest BCUT2D eigenvalue weighted by atomic mass is 17.2. The topological polar surface area (TPSA) is 35.5 Å². The molecule has 0 radical (unpaired) electrons. The van der Waals surface area contributed by atoms with Gasteiger partial charge in [-0.1, -0.05) is 0 Å². The number of aryl methyl sites for hydroxylation is 1. The maximum Gasteiger partial charge on any atom is 0.168 e. The van der Waals surface area contributed by atoms with Gasteiger partial charge in [-0.25, -0.2) is 0 Å². The molecule has 1 heterocycles. The monoisotopic (exact) mass is 178 g/mol. The van der Waals surface area contributed by atoms with Crippen LogP contribution in [0.3, 0.4) is 0 Å². The summed E-state index contributed by atoms with van der Waals surface area (Å²) in [5, 5.41) is 0. The van der Waals surface area contributed by atoms with E-state index in [0.717, 1.165) is 30.4 Å². The van der Waals surface area contributed by atoms with Crippen LogP contribution in [-0.4, -0.2) is 12.9 Å². The van der Waals surface area contributed by atoms with Crippen molar-refractivity contribution in [2.75, 3.05) is 6.61 Å². The first-order valence-electron chi connectivity index (χ1n) is 4.28. The summed E-state index contributed by atoms with van der Waals surface area (Å²) in [5.74, 6) is 0.725. The van der Waals surface area contributed by atoms with E-state index in [1.165, 1.54) is 0 Å². The number of carbonyl (C=O) groups is 1. The summed E-state index contributed by atoms with van der Waals surface area (Å²) in [6.45, 7) is 0.602. The van der Waals surface area contributed by atoms with Crippen LogP contribution >= 0.6 is 0 Å². The minimum Gasteiger partial charge on any atom is -0.337 e. The van der Waals surface area contributed by atoms with Gasteiger partial charge in [-0.05, 0) is 36.6 Å². The summed E-state index contributed by atoms with van der Waals surface area (Å²) < 4.78 is 0. The minimum absolute atomic E-state index is 0.602. The van der Waals surface area contributed by atoms with Crippen molar-refractivity contribution >= 4 is 6.29 Å². The molecule has 0 amide bonds. The van der Waals surface area contributed by atoms with E-state index in [0.29, 0.717) is 12.2 Å². The zero-order valence-corrected chi connectivity index (χ0v) is 7.16. The molecule has 0 saturated heterocycles. The lowest BCUT2D eigenvalue weighted by atomic mass is 10.1. The fourth-order valence-corrected chi connectivity index (χ4v) is 1.38. The van der Waals surface area contributed by atoms with E-state index in [2.05, 4.69) is 0 Å². The number of aldehydes is 1. The fraction of sp³-hybridized carbons (Fsp3) is 0.300. The molecule has 0 N–H and O–H groups in total. The Bertz CT molecular complexity index is 320. The number of benzene rings is 1. The van der Waals surface area contributed by atoms with Crippen LogP contribution < -0.4 is 4.89 Å². The summed E-state index contributed by atoms with van der Waals surface area (Å²) in [5.41, 5.74) is 1.73. The summed E-state index contributed by atoms with van der Waals surface area (Å²) in [6, 6.07) is 5.34. The van der Waals surface area contributed by atoms with Gasteiger partial charge in [0, 0.05) is 5.56 Å². The Morgan fingerprint density at radius 1 is 1.38 bits per heavy atom. The Kier molecular flexibility index (Phi) is 2.27. The molecule has 0 fully saturated rings. The normalized spacial score (nSPS) is 15.4. The van der Waals surface area contributed by atoms with Crippen molar-refractivity contribution in [3.8, 4) is 5.75 Å². The Balaban J connectivity index is 2.37. The third-order valence-corrected chi connectivity index (χ3v) is 2.04. The molecule has 1 aromatic rings. The van der Waals surface area contributed by atoms with E-state index in [1.54, 1.807) is 12.1 Å². The van der Waals surface area contributed by atoms with E-state index in [4.69, 9.17) is 9.78 Å². The van der Waals surface area contributed by atoms with Crippen molar-refractivity contribution in [2.24, 2.45) is 0 Å². The van der Waals surface area contributed by atoms with E-state index in [-0.39, 0.29) is 0 Å². The lowest BCUT2D eigenvalue weighted by molar-refractivity contribution is -0.203. The van der Waals surface area contributed by atoms with Gasteiger partial charge in [0.05, 0.1) is 6.61 Å². The molecular formula is C10H10O3. The van der Waals surface area contributed by atoms with Crippen LogP contribution in [-0.2, 0) is 11.3 Å². The van der Waals surface area contributed by atoms with Gasteiger partial charge < -0.3 is 4.89 Å². The van der Waals surface area contributed by atoms with Crippen LogP contribution in [0.1, 0.15) is 22.3 Å². The standard InChI is InChI=1S/C10H10O3/c11-7-8-3-4-10-9(6-8)2-1-5-12-13-10/h3-4,6-7H,1-2,5H2. The number of carbonyl (C=O) groups excluding carboxylic acids is 1. The number of rotatable bonds is 1. The van der Waals surface area contributed by atoms with Crippen molar-refractivity contribution in [3.05, 3.63) is 29.3 Å². The van der Waals surface area contributed by atoms with Gasteiger partial charge in [0.25, 0.3) is 0 Å². The van der Waals surface area contributed by atoms with Crippen LogP contribution in [0.15, 0.2) is 18.2 Å². The highest BCUT2D eigenvalue weighted by Crippen LogP contribution is 2.23. The molecule has 0 aromatic heterocycles. The van der Waals surface area contributed by atoms with Crippen LogP contribution in [0.2, 0.25) is 0 Å². The molecule has 0 aliphatic carbocycles. The molecule has 13 heavy (non-hydrogen) atoms. The Morgan fingerprint density at radius 2 is 2.31 bits per heavy atom. The molecule has 1 aliphatic rings. The lowest BCUT2D eigenvalue weighted by Crippen LogP contribution is -1.95. The van der Waals surface area contributed by atoms with Gasteiger partial charge in [0.1, 0.15) is 6.29 Å². The molecule has 0 atom stereocenters. The zero-order chi connectivity index (χ0) is 9.10. The third kappa shape index (κ3) is 1.70. The number of fused-ring (bicyclic) bond motifs is 1. The van der Waals surface area contributed by atoms with Crippen LogP contribution in [0.4, 0.5) is 0 Å². The zero-order valence-electron chi connectivity index (χ0n) is 7.16. The predicted octanol–water partition coefficient (Wildman–Crippen LogP) is 1.76. The first-order valence-corrected chi connectivity index (χ1v) is 4.28. The molecule has 68 valence electrons. The molecule has 1 aromatic carbocycles. The van der Waals surface area contributed by atoms with Crippen molar-refractivity contribution in [1.82, 2.24) is 0 Å². The fourth-order valence-electron chi connectivity index (χ4n) is 1.38. The molecule has 2 rings (SSSR count). The summed E-state index contributed by atoms with van der Waals surface area (Å²) in [4.78, 5) is 20.4. The molecule has 0 unspecified atom stereocenters. The minimum atomic E-state index is 0.602. The average molecular weight is 178 g/mol. The van der Waals surface area contributed by atoms with Crippen LogP contribution in [0.25, 0.3) is 0 Å². The first kappa shape index (κ1) is 8.26. The van der Waals surface area contributed by atoms with Gasteiger partial charge in [-0.3, -0.25) is 4.79 Å². The smallest absolute Gasteiger partial charge is 0.168 e. The SMILES string of the molecule is O=Cc1ccc2c(c1)CCCOO2. The maximum absolute atomic E-state index is 10.5. The summed E-state index contributed by atoms with van der Waals surface area (Å²) in [6.07, 6.45) is 2.67. The Morgan fingerprint density at radius 3 is 3.15 bits per heavy atom. The molecular weight excluding hydrogens is 168 g/mol. The average Bonchev–Trinajstić information content (AvgIpc) is 2.41. The van der Waals surface area contributed by atoms with E-state index in [1.807, 2.05) is 6.07 Å². The quantitative estimate of drug-likeness (QED) is 0.485. The molecule has 0 saturated carbocycles. The van der Waals surface area contributed by atoms with Gasteiger partial charge in [0.2, 0.25) is 0 Å². The second-order valence-corrected chi connectivity index (χ2v) is 2.99. The molecule has 3 nitrogen and oxygen atoms in total. The van der Waals surface area contributed by atoms with Gasteiger partial charge in [0.15, 0.2) is 5.75 Å². The van der Waals surface area contributed by atoms with Crippen molar-refractivity contribution < 1.29 is 14.6 Å². The second-order valence-electron chi connectivity index (χ2n) is 2.99. The largest absolute Gasteiger partial charge is 0.337 e. The summed E-state index contributed by atoms with van der Waals surface area (Å²) in [7, 11) is 0. The molecule has 3 heteroatoms. The highest BCUT2D eigenvalue weighted by molar-refractivity contribution is 5.75. The lowest BCUT2D eigenvalue weighted by Gasteiger charge is -2.03. The molecule has 1 aliphatic heterocycles. The summed E-state index contributed by atoms with van der Waals surface area (Å²) >= 11 is 0. The van der Waals surface area contributed by atoms with Gasteiger partial charge >= 0.3 is 0 Å².